The Kier molecular flexibility index (Phi) is 5.50. The number of nitrogens with zero attached hydrogens (tertiary/aromatic N) is 4. The molecule has 1 saturated carbocycles. The van der Waals surface area contributed by atoms with Gasteiger partial charge in [-0.3, -0.25) is 4.79 Å². The SMILES string of the molecule is C[C@@H](Sc1nnc(C2CC2)n1C)C(=O)Nc1ccc(Cc2nc3ccccc3s2)cc1. The highest BCUT2D eigenvalue weighted by atomic mass is 32.2. The summed E-state index contributed by atoms with van der Waals surface area (Å²) in [6.45, 7) is 1.90. The third-order valence-corrected chi connectivity index (χ3v) is 7.55. The van der Waals surface area contributed by atoms with Crippen molar-refractivity contribution < 1.29 is 4.79 Å². The number of carbonyl (C=O) groups is 1. The van der Waals surface area contributed by atoms with Crippen LogP contribution in [0, 0.1) is 0 Å². The molecule has 1 fully saturated rings. The van der Waals surface area contributed by atoms with E-state index in [1.54, 1.807) is 11.3 Å². The maximum atomic E-state index is 12.7. The molecule has 2 aromatic carbocycles. The fraction of sp³-hybridized carbons (Fsp3) is 0.304. The highest BCUT2D eigenvalue weighted by Crippen LogP contribution is 2.39. The van der Waals surface area contributed by atoms with Gasteiger partial charge in [-0.15, -0.1) is 21.5 Å². The number of para-hydroxylation sites is 1. The summed E-state index contributed by atoms with van der Waals surface area (Å²) in [5, 5.41) is 13.2. The normalized spacial score (nSPS) is 14.6. The zero-order valence-electron chi connectivity index (χ0n) is 17.4. The molecule has 1 amide bonds. The molecule has 1 N–H and O–H groups in total. The van der Waals surface area contributed by atoms with Crippen LogP contribution in [-0.2, 0) is 18.3 Å². The van der Waals surface area contributed by atoms with Crippen molar-refractivity contribution in [3.8, 4) is 0 Å². The van der Waals surface area contributed by atoms with E-state index in [4.69, 9.17) is 4.98 Å². The molecule has 8 heteroatoms. The summed E-state index contributed by atoms with van der Waals surface area (Å²) >= 11 is 3.16. The molecule has 2 heterocycles. The van der Waals surface area contributed by atoms with Gasteiger partial charge in [-0.25, -0.2) is 4.98 Å². The van der Waals surface area contributed by atoms with Crippen LogP contribution in [0.5, 0.6) is 0 Å². The smallest absolute Gasteiger partial charge is 0.237 e. The number of hydrogen-bond acceptors (Lipinski definition) is 6. The van der Waals surface area contributed by atoms with Crippen molar-refractivity contribution >= 4 is 44.9 Å². The van der Waals surface area contributed by atoms with Crippen LogP contribution >= 0.6 is 23.1 Å². The van der Waals surface area contributed by atoms with Gasteiger partial charge in [-0.1, -0.05) is 36.0 Å². The Morgan fingerprint density at radius 3 is 2.71 bits per heavy atom. The van der Waals surface area contributed by atoms with Gasteiger partial charge in [0.15, 0.2) is 5.16 Å². The second kappa shape index (κ2) is 8.43. The monoisotopic (exact) mass is 449 g/mol. The fourth-order valence-corrected chi connectivity index (χ4v) is 5.28. The van der Waals surface area contributed by atoms with E-state index in [0.717, 1.165) is 33.6 Å². The van der Waals surface area contributed by atoms with Crippen molar-refractivity contribution in [2.45, 2.75) is 42.5 Å². The van der Waals surface area contributed by atoms with Crippen LogP contribution in [0.3, 0.4) is 0 Å². The molecule has 1 atom stereocenters. The quantitative estimate of drug-likeness (QED) is 0.402. The summed E-state index contributed by atoms with van der Waals surface area (Å²) in [6, 6.07) is 16.2. The summed E-state index contributed by atoms with van der Waals surface area (Å²) in [5.41, 5.74) is 3.01. The molecule has 0 bridgehead atoms. The number of rotatable bonds is 7. The van der Waals surface area contributed by atoms with Crippen molar-refractivity contribution in [2.75, 3.05) is 5.32 Å². The maximum Gasteiger partial charge on any atom is 0.237 e. The third-order valence-electron chi connectivity index (χ3n) is 5.38. The number of hydrogen-bond donors (Lipinski definition) is 1. The molecule has 2 aromatic heterocycles. The number of thioether (sulfide) groups is 1. The van der Waals surface area contributed by atoms with Crippen LogP contribution in [0.25, 0.3) is 10.2 Å². The number of benzene rings is 2. The molecule has 31 heavy (non-hydrogen) atoms. The predicted octanol–water partition coefficient (Wildman–Crippen LogP) is 5.01. The minimum atomic E-state index is -0.266. The van der Waals surface area contributed by atoms with Crippen LogP contribution in [-0.4, -0.2) is 30.9 Å². The molecule has 0 aliphatic heterocycles. The number of carbonyl (C=O) groups excluding carboxylic acids is 1. The lowest BCUT2D eigenvalue weighted by atomic mass is 10.1. The molecule has 0 unspecified atom stereocenters. The highest BCUT2D eigenvalue weighted by Gasteiger charge is 2.30. The highest BCUT2D eigenvalue weighted by molar-refractivity contribution is 8.00. The van der Waals surface area contributed by atoms with Crippen LogP contribution in [0.1, 0.15) is 42.1 Å². The Morgan fingerprint density at radius 1 is 1.19 bits per heavy atom. The van der Waals surface area contributed by atoms with E-state index < -0.39 is 0 Å². The number of amides is 1. The van der Waals surface area contributed by atoms with Gasteiger partial charge in [0.1, 0.15) is 5.82 Å². The van der Waals surface area contributed by atoms with Gasteiger partial charge in [0, 0.05) is 25.1 Å². The summed E-state index contributed by atoms with van der Waals surface area (Å²) in [5.74, 6) is 1.52. The molecule has 6 nitrogen and oxygen atoms in total. The van der Waals surface area contributed by atoms with Gasteiger partial charge >= 0.3 is 0 Å². The van der Waals surface area contributed by atoms with Gasteiger partial charge in [-0.2, -0.15) is 0 Å². The molecule has 158 valence electrons. The van der Waals surface area contributed by atoms with E-state index in [9.17, 15) is 4.79 Å². The summed E-state index contributed by atoms with van der Waals surface area (Å²) < 4.78 is 3.23. The molecular formula is C23H23N5OS2. The van der Waals surface area contributed by atoms with Gasteiger partial charge in [0.05, 0.1) is 20.5 Å². The summed E-state index contributed by atoms with van der Waals surface area (Å²) in [4.78, 5) is 17.4. The predicted molar refractivity (Wildman–Crippen MR) is 126 cm³/mol. The molecule has 0 saturated heterocycles. The Labute approximate surface area is 189 Å². The lowest BCUT2D eigenvalue weighted by molar-refractivity contribution is -0.115. The van der Waals surface area contributed by atoms with Crippen molar-refractivity contribution in [3.05, 3.63) is 64.9 Å². The average molecular weight is 450 g/mol. The zero-order chi connectivity index (χ0) is 21.4. The largest absolute Gasteiger partial charge is 0.325 e. The van der Waals surface area contributed by atoms with E-state index in [1.807, 2.05) is 61.0 Å². The lowest BCUT2D eigenvalue weighted by Gasteiger charge is -2.12. The minimum Gasteiger partial charge on any atom is -0.325 e. The topological polar surface area (TPSA) is 72.7 Å². The van der Waals surface area contributed by atoms with Crippen LogP contribution in [0.15, 0.2) is 53.7 Å². The Hall–Kier alpha value is -2.71. The van der Waals surface area contributed by atoms with Crippen molar-refractivity contribution in [1.82, 2.24) is 19.7 Å². The lowest BCUT2D eigenvalue weighted by Crippen LogP contribution is -2.22. The van der Waals surface area contributed by atoms with Crippen LogP contribution < -0.4 is 5.32 Å². The average Bonchev–Trinajstić information content (AvgIpc) is 3.43. The second-order valence-electron chi connectivity index (χ2n) is 7.87. The summed E-state index contributed by atoms with van der Waals surface area (Å²) in [6.07, 6.45) is 3.15. The minimum absolute atomic E-state index is 0.0418. The van der Waals surface area contributed by atoms with E-state index >= 15 is 0 Å². The maximum absolute atomic E-state index is 12.7. The number of nitrogens with one attached hydrogen (secondary N) is 1. The van der Waals surface area contributed by atoms with Crippen LogP contribution in [0.4, 0.5) is 5.69 Å². The molecule has 0 spiro atoms. The van der Waals surface area contributed by atoms with Crippen molar-refractivity contribution in [1.29, 1.82) is 0 Å². The molecule has 1 aliphatic rings. The van der Waals surface area contributed by atoms with E-state index in [2.05, 4.69) is 21.6 Å². The molecule has 1 aliphatic carbocycles. The number of aromatic nitrogens is 4. The van der Waals surface area contributed by atoms with E-state index in [1.165, 1.54) is 34.9 Å². The Bertz CT molecular complexity index is 1190. The first-order chi connectivity index (χ1) is 15.1. The number of anilines is 1. The number of fused-ring (bicyclic) bond motifs is 1. The van der Waals surface area contributed by atoms with Crippen LogP contribution in [0.2, 0.25) is 0 Å². The number of thiazole rings is 1. The van der Waals surface area contributed by atoms with Gasteiger partial charge < -0.3 is 9.88 Å². The van der Waals surface area contributed by atoms with Gasteiger partial charge in [-0.05, 0) is 49.6 Å². The van der Waals surface area contributed by atoms with E-state index in [-0.39, 0.29) is 11.2 Å². The Balaban J connectivity index is 1.19. The van der Waals surface area contributed by atoms with Crippen molar-refractivity contribution in [2.24, 2.45) is 7.05 Å². The molecule has 4 aromatic rings. The molecule has 0 radical (unpaired) electrons. The third kappa shape index (κ3) is 4.50. The standard InChI is InChI=1S/C23H23N5OS2/c1-14(30-23-27-26-21(28(23)2)16-9-10-16)22(29)24-17-11-7-15(8-12-17)13-20-25-18-5-3-4-6-19(18)31-20/h3-8,11-12,14,16H,9-10,13H2,1-2H3,(H,24,29)/t14-/m1/s1. The first-order valence-corrected chi connectivity index (χ1v) is 12.1. The first kappa shape index (κ1) is 20.2. The molecular weight excluding hydrogens is 426 g/mol. The van der Waals surface area contributed by atoms with Gasteiger partial charge in [0.2, 0.25) is 5.91 Å². The molecule has 5 rings (SSSR count). The van der Waals surface area contributed by atoms with Crippen molar-refractivity contribution in [3.63, 3.8) is 0 Å². The Morgan fingerprint density at radius 2 is 1.97 bits per heavy atom. The second-order valence-corrected chi connectivity index (χ2v) is 10.3. The first-order valence-electron chi connectivity index (χ1n) is 10.4. The zero-order valence-corrected chi connectivity index (χ0v) is 19.0. The van der Waals surface area contributed by atoms with E-state index in [0.29, 0.717) is 5.92 Å². The summed E-state index contributed by atoms with van der Waals surface area (Å²) in [7, 11) is 1.98. The fourth-order valence-electron chi connectivity index (χ4n) is 3.46. The van der Waals surface area contributed by atoms with Gasteiger partial charge in [0.25, 0.3) is 0 Å².